The molecule has 2 atom stereocenters. The molecule has 1 heterocycles. The molecule has 2 unspecified atom stereocenters. The van der Waals surface area contributed by atoms with Crippen LogP contribution in [0.4, 0.5) is 5.69 Å². The first-order valence-corrected chi connectivity index (χ1v) is 15.7. The van der Waals surface area contributed by atoms with Crippen LogP contribution in [0, 0.1) is 5.92 Å². The zero-order valence-corrected chi connectivity index (χ0v) is 25.9. The number of imide groups is 1. The predicted octanol–water partition coefficient (Wildman–Crippen LogP) is 2.52. The van der Waals surface area contributed by atoms with Crippen LogP contribution in [0.3, 0.4) is 0 Å². The van der Waals surface area contributed by atoms with Crippen LogP contribution in [0.5, 0.6) is 0 Å². The van der Waals surface area contributed by atoms with Crippen molar-refractivity contribution in [1.29, 1.82) is 0 Å². The van der Waals surface area contributed by atoms with Gasteiger partial charge in [-0.1, -0.05) is 44.1 Å². The quantitative estimate of drug-likeness (QED) is 0.0681. The number of hydrogen-bond acceptors (Lipinski definition) is 8. The number of amides is 5. The molecule has 1 aliphatic heterocycles. The second-order valence-electron chi connectivity index (χ2n) is 10.6. The van der Waals surface area contributed by atoms with Crippen LogP contribution in [0.15, 0.2) is 48.1 Å². The van der Waals surface area contributed by atoms with Gasteiger partial charge in [0.2, 0.25) is 17.7 Å². The molecule has 0 aliphatic carbocycles. The summed E-state index contributed by atoms with van der Waals surface area (Å²) in [6, 6.07) is 6.11. The van der Waals surface area contributed by atoms with E-state index >= 15 is 0 Å². The maximum absolute atomic E-state index is 12.7. The third-order valence-electron chi connectivity index (χ3n) is 6.56. The Kier molecular flexibility index (Phi) is 15.8. The van der Waals surface area contributed by atoms with Gasteiger partial charge in [-0.25, -0.2) is 0 Å². The van der Waals surface area contributed by atoms with Crippen molar-refractivity contribution in [2.75, 3.05) is 31.2 Å². The molecule has 0 saturated carbocycles. The fourth-order valence-corrected chi connectivity index (χ4v) is 4.81. The van der Waals surface area contributed by atoms with Crippen molar-refractivity contribution in [2.24, 2.45) is 5.92 Å². The van der Waals surface area contributed by atoms with Crippen LogP contribution in [0.2, 0.25) is 0 Å². The van der Waals surface area contributed by atoms with E-state index < -0.39 is 26.2 Å². The van der Waals surface area contributed by atoms with Gasteiger partial charge in [-0.15, -0.1) is 0 Å². The molecular weight excluding hydrogens is 575 g/mol. The number of aliphatic hydroxyl groups excluding tert-OH is 1. The molecule has 13 heteroatoms. The minimum Gasteiger partial charge on any atom is -0.392 e. The number of nitrogens with one attached hydrogen (secondary N) is 3. The van der Waals surface area contributed by atoms with Crippen LogP contribution in [-0.4, -0.2) is 76.3 Å². The van der Waals surface area contributed by atoms with Gasteiger partial charge in [0.25, 0.3) is 11.8 Å². The number of nitrogens with zero attached hydrogens (tertiary/aromatic N) is 1. The summed E-state index contributed by atoms with van der Waals surface area (Å²) in [6.07, 6.45) is 7.40. The number of benzene rings is 1. The molecule has 236 valence electrons. The lowest BCUT2D eigenvalue weighted by atomic mass is 10.0. The molecule has 1 aromatic rings. The molecule has 5 amide bonds. The second kappa shape index (κ2) is 19.0. The first-order valence-electron chi connectivity index (χ1n) is 14.3. The molecule has 1 aromatic carbocycles. The highest BCUT2D eigenvalue weighted by Gasteiger charge is 2.25. The van der Waals surface area contributed by atoms with Crippen molar-refractivity contribution in [2.45, 2.75) is 65.5 Å². The summed E-state index contributed by atoms with van der Waals surface area (Å²) in [7, 11) is -1.58. The average molecular weight is 619 g/mol. The molecule has 0 spiro atoms. The first-order chi connectivity index (χ1) is 20.5. The molecule has 0 radical (unpaired) electrons. The Morgan fingerprint density at radius 3 is 2.33 bits per heavy atom. The van der Waals surface area contributed by atoms with E-state index in [0.717, 1.165) is 16.0 Å². The Morgan fingerprint density at radius 1 is 1.02 bits per heavy atom. The van der Waals surface area contributed by atoms with E-state index in [4.69, 9.17) is 9.63 Å². The molecule has 0 bridgehead atoms. The largest absolute Gasteiger partial charge is 0.392 e. The predicted molar refractivity (Wildman–Crippen MR) is 163 cm³/mol. The molecule has 0 saturated heterocycles. The van der Waals surface area contributed by atoms with Gasteiger partial charge in [-0.05, 0) is 49.8 Å². The fraction of sp³-hybridized carbons (Fsp3) is 0.500. The number of rotatable bonds is 19. The minimum absolute atomic E-state index is 0.00643. The molecule has 0 aromatic heterocycles. The number of hydrogen-bond donors (Lipinski definition) is 5. The Balaban J connectivity index is 1.67. The van der Waals surface area contributed by atoms with Gasteiger partial charge in [-0.2, -0.15) is 0 Å². The number of unbranched alkanes of at least 4 members (excludes halogenated alkanes) is 2. The van der Waals surface area contributed by atoms with Crippen LogP contribution < -0.4 is 16.0 Å². The Bertz CT molecular complexity index is 1150. The number of carbonyl (C=O) groups excluding carboxylic acids is 5. The highest BCUT2D eigenvalue weighted by atomic mass is 31.2. The van der Waals surface area contributed by atoms with Crippen molar-refractivity contribution in [3.8, 4) is 0 Å². The van der Waals surface area contributed by atoms with Gasteiger partial charge in [0.05, 0.1) is 19.8 Å². The van der Waals surface area contributed by atoms with Gasteiger partial charge in [0, 0.05) is 37.0 Å². The second-order valence-corrected chi connectivity index (χ2v) is 12.0. The summed E-state index contributed by atoms with van der Waals surface area (Å²) in [5, 5.41) is 17.0. The van der Waals surface area contributed by atoms with Crippen LogP contribution in [-0.2, 0) is 35.1 Å². The molecular formula is C30H43N4O8P. The van der Waals surface area contributed by atoms with Crippen LogP contribution in [0.25, 0.3) is 0 Å². The molecule has 43 heavy (non-hydrogen) atoms. The van der Waals surface area contributed by atoms with Gasteiger partial charge >= 0.3 is 0 Å². The number of aliphatic hydroxyl groups is 1. The third-order valence-corrected chi connectivity index (χ3v) is 7.62. The zero-order valence-electron chi connectivity index (χ0n) is 25.0. The van der Waals surface area contributed by atoms with Crippen molar-refractivity contribution in [3.63, 3.8) is 0 Å². The number of anilines is 1. The summed E-state index contributed by atoms with van der Waals surface area (Å²) >= 11 is 0. The molecule has 2 rings (SSSR count). The highest BCUT2D eigenvalue weighted by molar-refractivity contribution is 7.46. The van der Waals surface area contributed by atoms with Crippen molar-refractivity contribution < 1.29 is 38.5 Å². The van der Waals surface area contributed by atoms with Gasteiger partial charge in [0.1, 0.15) is 6.04 Å². The maximum atomic E-state index is 12.7. The summed E-state index contributed by atoms with van der Waals surface area (Å²) in [5.74, 6) is -2.04. The van der Waals surface area contributed by atoms with Crippen molar-refractivity contribution in [3.05, 3.63) is 53.6 Å². The van der Waals surface area contributed by atoms with E-state index in [2.05, 4.69) is 16.0 Å². The smallest absolute Gasteiger partial charge is 0.253 e. The summed E-state index contributed by atoms with van der Waals surface area (Å²) < 4.78 is 5.49. The molecule has 12 nitrogen and oxygen atoms in total. The zero-order chi connectivity index (χ0) is 31.8. The highest BCUT2D eigenvalue weighted by Crippen LogP contribution is 2.33. The number of carbonyl (C=O) groups is 5. The first kappa shape index (κ1) is 35.8. The number of allylic oxidation sites excluding steroid dienone is 1. The van der Waals surface area contributed by atoms with Crippen molar-refractivity contribution in [1.82, 2.24) is 15.5 Å². The van der Waals surface area contributed by atoms with Gasteiger partial charge in [0.15, 0.2) is 8.38 Å². The van der Waals surface area contributed by atoms with E-state index in [9.17, 15) is 28.9 Å². The van der Waals surface area contributed by atoms with Gasteiger partial charge < -0.3 is 30.5 Å². The lowest BCUT2D eigenvalue weighted by Crippen LogP contribution is -2.51. The van der Waals surface area contributed by atoms with E-state index in [0.29, 0.717) is 44.1 Å². The third kappa shape index (κ3) is 13.6. The van der Waals surface area contributed by atoms with Crippen molar-refractivity contribution >= 4 is 43.6 Å². The minimum atomic E-state index is -1.58. The summed E-state index contributed by atoms with van der Waals surface area (Å²) in [5.41, 5.74) is 2.19. The monoisotopic (exact) mass is 618 g/mol. The van der Waals surface area contributed by atoms with E-state index in [1.807, 2.05) is 13.0 Å². The molecule has 1 aliphatic rings. The summed E-state index contributed by atoms with van der Waals surface area (Å²) in [6.45, 7) is 5.65. The Labute approximate surface area is 253 Å². The van der Waals surface area contributed by atoms with Gasteiger partial charge in [-0.3, -0.25) is 28.9 Å². The van der Waals surface area contributed by atoms with E-state index in [1.54, 1.807) is 38.1 Å². The Morgan fingerprint density at radius 2 is 1.70 bits per heavy atom. The average Bonchev–Trinajstić information content (AvgIpc) is 3.30. The topological polar surface area (TPSA) is 174 Å². The molecule has 0 fully saturated rings. The normalized spacial score (nSPS) is 14.7. The maximum Gasteiger partial charge on any atom is 0.253 e. The lowest BCUT2D eigenvalue weighted by Gasteiger charge is -2.21. The van der Waals surface area contributed by atoms with E-state index in [1.165, 1.54) is 12.2 Å². The standard InChI is InChI=1S/C30H43N4O8P/c1-21(2)29(33-25(36)9-5-4-6-16-34-27(38)14-15-28(34)39)30(40)31-18-26(37)32-24-12-10-23(11-13-24)20-42-43(41)17-7-8-22(3)19-35/h8,10-15,21,29,35,41H,4-7,9,16-20H2,1-3H3,(H,31,40)(H,32,37)(H,33,36)/b22-8+. The van der Waals surface area contributed by atoms with Crippen LogP contribution in [0.1, 0.15) is 58.4 Å². The summed E-state index contributed by atoms with van der Waals surface area (Å²) in [4.78, 5) is 71.9. The molecule has 5 N–H and O–H groups in total. The SMILES string of the molecule is C/C(=C\CCP(O)OCc1ccc(NC(=O)CNC(=O)C(NC(=O)CCCCCN2C(=O)C=CC2=O)C(C)C)cc1)CO. The lowest BCUT2D eigenvalue weighted by molar-refractivity contribution is -0.137. The fourth-order valence-electron chi connectivity index (χ4n) is 4.03. The van der Waals surface area contributed by atoms with Crippen LogP contribution >= 0.6 is 8.38 Å². The Hall–Kier alpha value is -3.44. The van der Waals surface area contributed by atoms with E-state index in [-0.39, 0.29) is 49.8 Å².